The van der Waals surface area contributed by atoms with Crippen LogP contribution in [-0.2, 0) is 0 Å². The second kappa shape index (κ2) is 4.84. The van der Waals surface area contributed by atoms with Crippen molar-refractivity contribution in [1.29, 1.82) is 0 Å². The van der Waals surface area contributed by atoms with Crippen LogP contribution in [0.25, 0.3) is 0 Å². The maximum Gasteiger partial charge on any atom is 0.00966 e. The van der Waals surface area contributed by atoms with Gasteiger partial charge in [-0.05, 0) is 50.1 Å². The van der Waals surface area contributed by atoms with Gasteiger partial charge in [-0.3, -0.25) is 0 Å². The summed E-state index contributed by atoms with van der Waals surface area (Å²) in [5.41, 5.74) is 0.613. The number of rotatable bonds is 5. The second-order valence-corrected chi connectivity index (χ2v) is 5.70. The first-order valence-electron chi connectivity index (χ1n) is 6.70. The van der Waals surface area contributed by atoms with Gasteiger partial charge in [-0.1, -0.05) is 20.3 Å². The highest BCUT2D eigenvalue weighted by Gasteiger charge is 2.36. The van der Waals surface area contributed by atoms with E-state index in [4.69, 9.17) is 0 Å². The number of piperidine rings is 1. The fourth-order valence-corrected chi connectivity index (χ4v) is 2.96. The van der Waals surface area contributed by atoms with Crippen molar-refractivity contribution in [2.75, 3.05) is 19.6 Å². The van der Waals surface area contributed by atoms with E-state index in [0.29, 0.717) is 5.41 Å². The predicted octanol–water partition coefficient (Wildman–Crippen LogP) is 2.15. The smallest absolute Gasteiger partial charge is 0.00966 e. The fraction of sp³-hybridized carbons (Fsp3) is 1.00. The van der Waals surface area contributed by atoms with Gasteiger partial charge in [-0.25, -0.2) is 0 Å². The molecule has 1 saturated carbocycles. The van der Waals surface area contributed by atoms with Crippen molar-refractivity contribution in [3.8, 4) is 0 Å². The monoisotopic (exact) mass is 210 g/mol. The first-order valence-corrected chi connectivity index (χ1v) is 6.70. The summed E-state index contributed by atoms with van der Waals surface area (Å²) in [7, 11) is 0. The highest BCUT2D eigenvalue weighted by atomic mass is 15.0. The van der Waals surface area contributed by atoms with Crippen LogP contribution in [0.3, 0.4) is 0 Å². The zero-order valence-electron chi connectivity index (χ0n) is 10.3. The summed E-state index contributed by atoms with van der Waals surface area (Å²) in [5.74, 6) is 0.936. The zero-order valence-corrected chi connectivity index (χ0v) is 10.3. The van der Waals surface area contributed by atoms with E-state index in [2.05, 4.69) is 24.5 Å². The van der Waals surface area contributed by atoms with Crippen LogP contribution in [0.15, 0.2) is 0 Å². The zero-order chi connectivity index (χ0) is 10.7. The molecule has 0 amide bonds. The number of hydrogen-bond donors (Lipinski definition) is 2. The molecule has 0 bridgehead atoms. The Bertz CT molecular complexity index is 191. The Morgan fingerprint density at radius 3 is 2.53 bits per heavy atom. The maximum absolute atomic E-state index is 3.77. The van der Waals surface area contributed by atoms with Crippen LogP contribution >= 0.6 is 0 Å². The van der Waals surface area contributed by atoms with Crippen LogP contribution in [0.2, 0.25) is 0 Å². The topological polar surface area (TPSA) is 24.1 Å². The van der Waals surface area contributed by atoms with Crippen LogP contribution in [-0.4, -0.2) is 25.7 Å². The van der Waals surface area contributed by atoms with Gasteiger partial charge in [-0.15, -0.1) is 0 Å². The van der Waals surface area contributed by atoms with Crippen LogP contribution in [0.1, 0.15) is 46.0 Å². The quantitative estimate of drug-likeness (QED) is 0.726. The van der Waals surface area contributed by atoms with Gasteiger partial charge in [0.05, 0.1) is 0 Å². The summed E-state index contributed by atoms with van der Waals surface area (Å²) >= 11 is 0. The molecule has 0 aromatic carbocycles. The Morgan fingerprint density at radius 1 is 1.33 bits per heavy atom. The molecule has 1 aliphatic carbocycles. The SMILES string of the molecule is CCCC1(CNC2CC2C)CCNCC1. The molecule has 1 heterocycles. The molecule has 2 rings (SSSR count). The van der Waals surface area contributed by atoms with Crippen LogP contribution in [0.5, 0.6) is 0 Å². The molecule has 2 N–H and O–H groups in total. The molecule has 0 aromatic heterocycles. The van der Waals surface area contributed by atoms with Gasteiger partial charge in [0, 0.05) is 12.6 Å². The van der Waals surface area contributed by atoms with Gasteiger partial charge in [0.15, 0.2) is 0 Å². The molecule has 15 heavy (non-hydrogen) atoms. The molecular formula is C13H26N2. The largest absolute Gasteiger partial charge is 0.317 e. The lowest BCUT2D eigenvalue weighted by Gasteiger charge is -2.38. The van der Waals surface area contributed by atoms with Crippen LogP contribution in [0, 0.1) is 11.3 Å². The van der Waals surface area contributed by atoms with Crippen molar-refractivity contribution in [3.05, 3.63) is 0 Å². The van der Waals surface area contributed by atoms with Crippen molar-refractivity contribution in [2.45, 2.75) is 52.0 Å². The highest BCUT2D eigenvalue weighted by molar-refractivity contribution is 4.93. The number of hydrogen-bond acceptors (Lipinski definition) is 2. The molecule has 1 aliphatic heterocycles. The van der Waals surface area contributed by atoms with Gasteiger partial charge in [0.25, 0.3) is 0 Å². The van der Waals surface area contributed by atoms with E-state index in [-0.39, 0.29) is 0 Å². The normalized spacial score (nSPS) is 34.0. The van der Waals surface area contributed by atoms with Crippen molar-refractivity contribution < 1.29 is 0 Å². The molecule has 2 atom stereocenters. The van der Waals surface area contributed by atoms with E-state index in [9.17, 15) is 0 Å². The first-order chi connectivity index (χ1) is 7.26. The van der Waals surface area contributed by atoms with E-state index in [1.54, 1.807) is 0 Å². The van der Waals surface area contributed by atoms with Gasteiger partial charge in [-0.2, -0.15) is 0 Å². The molecule has 88 valence electrons. The third-order valence-corrected chi connectivity index (χ3v) is 4.29. The molecule has 0 radical (unpaired) electrons. The lowest BCUT2D eigenvalue weighted by atomic mass is 9.75. The van der Waals surface area contributed by atoms with Crippen molar-refractivity contribution in [2.24, 2.45) is 11.3 Å². The molecule has 2 nitrogen and oxygen atoms in total. The van der Waals surface area contributed by atoms with E-state index >= 15 is 0 Å². The van der Waals surface area contributed by atoms with Crippen molar-refractivity contribution in [1.82, 2.24) is 10.6 Å². The number of nitrogens with one attached hydrogen (secondary N) is 2. The molecule has 2 heteroatoms. The van der Waals surface area contributed by atoms with E-state index in [1.807, 2.05) is 0 Å². The van der Waals surface area contributed by atoms with Crippen LogP contribution < -0.4 is 10.6 Å². The minimum absolute atomic E-state index is 0.613. The Labute approximate surface area is 94.2 Å². The van der Waals surface area contributed by atoms with Gasteiger partial charge in [0.1, 0.15) is 0 Å². The van der Waals surface area contributed by atoms with Crippen molar-refractivity contribution >= 4 is 0 Å². The minimum Gasteiger partial charge on any atom is -0.317 e. The maximum atomic E-state index is 3.77. The average molecular weight is 210 g/mol. The summed E-state index contributed by atoms with van der Waals surface area (Å²) in [4.78, 5) is 0. The molecule has 0 spiro atoms. The highest BCUT2D eigenvalue weighted by Crippen LogP contribution is 2.35. The molecule has 2 aliphatic rings. The first kappa shape index (κ1) is 11.4. The summed E-state index contributed by atoms with van der Waals surface area (Å²) in [6.07, 6.45) is 6.88. The molecule has 0 aromatic rings. The third-order valence-electron chi connectivity index (χ3n) is 4.29. The second-order valence-electron chi connectivity index (χ2n) is 5.70. The lowest BCUT2D eigenvalue weighted by molar-refractivity contribution is 0.175. The fourth-order valence-electron chi connectivity index (χ4n) is 2.96. The summed E-state index contributed by atoms with van der Waals surface area (Å²) < 4.78 is 0. The Balaban J connectivity index is 1.81. The average Bonchev–Trinajstić information content (AvgIpc) is 2.94. The molecule has 2 unspecified atom stereocenters. The third kappa shape index (κ3) is 2.94. The molecule has 2 fully saturated rings. The van der Waals surface area contributed by atoms with Gasteiger partial charge < -0.3 is 10.6 Å². The molecular weight excluding hydrogens is 184 g/mol. The lowest BCUT2D eigenvalue weighted by Crippen LogP contribution is -2.43. The Kier molecular flexibility index (Phi) is 3.68. The van der Waals surface area contributed by atoms with Gasteiger partial charge in [0.2, 0.25) is 0 Å². The van der Waals surface area contributed by atoms with Crippen molar-refractivity contribution in [3.63, 3.8) is 0 Å². The summed E-state index contributed by atoms with van der Waals surface area (Å²) in [5, 5.41) is 7.26. The van der Waals surface area contributed by atoms with E-state index in [0.717, 1.165) is 12.0 Å². The minimum atomic E-state index is 0.613. The summed E-state index contributed by atoms with van der Waals surface area (Å²) in [6, 6.07) is 0.841. The Morgan fingerprint density at radius 2 is 2.00 bits per heavy atom. The molecule has 1 saturated heterocycles. The van der Waals surface area contributed by atoms with Crippen LogP contribution in [0.4, 0.5) is 0 Å². The van der Waals surface area contributed by atoms with E-state index < -0.39 is 0 Å². The Hall–Kier alpha value is -0.0800. The van der Waals surface area contributed by atoms with E-state index in [1.165, 1.54) is 51.7 Å². The standard InChI is InChI=1S/C13H26N2/c1-3-4-13(5-7-14-8-6-13)10-15-12-9-11(12)2/h11-12,14-15H,3-10H2,1-2H3. The van der Waals surface area contributed by atoms with Gasteiger partial charge >= 0.3 is 0 Å². The summed E-state index contributed by atoms with van der Waals surface area (Å²) in [6.45, 7) is 8.39. The predicted molar refractivity (Wildman–Crippen MR) is 65.0 cm³/mol.